The van der Waals surface area contributed by atoms with Crippen LogP contribution in [0.1, 0.15) is 12.7 Å². The zero-order chi connectivity index (χ0) is 10.6. The third kappa shape index (κ3) is 2.71. The summed E-state index contributed by atoms with van der Waals surface area (Å²) in [4.78, 5) is 10.8. The van der Waals surface area contributed by atoms with Crippen LogP contribution < -0.4 is 0 Å². The highest BCUT2D eigenvalue weighted by Crippen LogP contribution is 2.07. The molecule has 1 unspecified atom stereocenters. The van der Waals surface area contributed by atoms with Crippen molar-refractivity contribution in [1.82, 2.24) is 0 Å². The molecule has 1 atom stereocenters. The Morgan fingerprint density at radius 3 is 2.93 bits per heavy atom. The van der Waals surface area contributed by atoms with Gasteiger partial charge in [-0.2, -0.15) is 0 Å². The molecular formula is C11H12O3. The molecule has 14 heavy (non-hydrogen) atoms. The van der Waals surface area contributed by atoms with Crippen LogP contribution in [-0.2, 0) is 4.79 Å². The van der Waals surface area contributed by atoms with Crippen molar-refractivity contribution < 1.29 is 14.3 Å². The molecule has 1 rings (SSSR count). The zero-order valence-electron chi connectivity index (χ0n) is 7.93. The van der Waals surface area contributed by atoms with Crippen molar-refractivity contribution in [2.75, 3.05) is 0 Å². The third-order valence-electron chi connectivity index (χ3n) is 1.80. The molecule has 3 nitrogen and oxygen atoms in total. The minimum absolute atomic E-state index is 0.174. The normalized spacial score (nSPS) is 13.0. The minimum atomic E-state index is -0.947. The van der Waals surface area contributed by atoms with Gasteiger partial charge in [-0.25, -0.2) is 0 Å². The van der Waals surface area contributed by atoms with Gasteiger partial charge in [0.15, 0.2) is 5.78 Å². The van der Waals surface area contributed by atoms with E-state index in [0.29, 0.717) is 5.76 Å². The fourth-order valence-corrected chi connectivity index (χ4v) is 0.896. The predicted octanol–water partition coefficient (Wildman–Crippen LogP) is 1.80. The van der Waals surface area contributed by atoms with Crippen LogP contribution in [0, 0.1) is 0 Å². The van der Waals surface area contributed by atoms with E-state index in [4.69, 9.17) is 4.42 Å². The lowest BCUT2D eigenvalue weighted by Gasteiger charge is -2.04. The van der Waals surface area contributed by atoms with Gasteiger partial charge in [-0.1, -0.05) is 6.58 Å². The first-order valence-corrected chi connectivity index (χ1v) is 4.21. The van der Waals surface area contributed by atoms with Crippen LogP contribution in [0.3, 0.4) is 0 Å². The quantitative estimate of drug-likeness (QED) is 0.740. The number of carbonyl (C=O) groups excluding carboxylic acids is 1. The standard InChI is InChI=1S/C11H12O3/c1-8(9(2)12)11(13)6-5-10-4-3-7-14-10/h3-7,11,13H,1H2,2H3/b6-5+. The van der Waals surface area contributed by atoms with Gasteiger partial charge < -0.3 is 9.52 Å². The number of hydrogen-bond acceptors (Lipinski definition) is 3. The van der Waals surface area contributed by atoms with Gasteiger partial charge in [-0.05, 0) is 31.2 Å². The molecule has 74 valence electrons. The molecule has 0 saturated heterocycles. The Labute approximate surface area is 82.4 Å². The molecule has 0 fully saturated rings. The molecule has 0 aliphatic rings. The van der Waals surface area contributed by atoms with Gasteiger partial charge in [-0.3, -0.25) is 4.79 Å². The predicted molar refractivity (Wildman–Crippen MR) is 53.6 cm³/mol. The van der Waals surface area contributed by atoms with Crippen molar-refractivity contribution in [3.63, 3.8) is 0 Å². The summed E-state index contributed by atoms with van der Waals surface area (Å²) in [5.74, 6) is 0.405. The van der Waals surface area contributed by atoms with Crippen LogP contribution in [0.25, 0.3) is 6.08 Å². The number of hydrogen-bond donors (Lipinski definition) is 1. The number of rotatable bonds is 4. The number of aliphatic hydroxyl groups excluding tert-OH is 1. The van der Waals surface area contributed by atoms with E-state index in [0.717, 1.165) is 0 Å². The summed E-state index contributed by atoms with van der Waals surface area (Å²) in [7, 11) is 0. The molecule has 0 aliphatic carbocycles. The summed E-state index contributed by atoms with van der Waals surface area (Å²) in [6.07, 6.45) is 3.64. The first-order chi connectivity index (χ1) is 6.61. The van der Waals surface area contributed by atoms with Gasteiger partial charge >= 0.3 is 0 Å². The highest BCUT2D eigenvalue weighted by molar-refractivity contribution is 5.94. The minimum Gasteiger partial charge on any atom is -0.465 e. The molecule has 0 amide bonds. The van der Waals surface area contributed by atoms with Gasteiger partial charge in [0.1, 0.15) is 11.9 Å². The van der Waals surface area contributed by atoms with E-state index in [1.54, 1.807) is 18.2 Å². The monoisotopic (exact) mass is 192 g/mol. The van der Waals surface area contributed by atoms with Gasteiger partial charge in [0.05, 0.1) is 6.26 Å². The third-order valence-corrected chi connectivity index (χ3v) is 1.80. The molecule has 0 aliphatic heterocycles. The van der Waals surface area contributed by atoms with E-state index in [-0.39, 0.29) is 11.4 Å². The number of furan rings is 1. The van der Waals surface area contributed by atoms with Crippen molar-refractivity contribution >= 4 is 11.9 Å². The fourth-order valence-electron chi connectivity index (χ4n) is 0.896. The smallest absolute Gasteiger partial charge is 0.158 e. The Hall–Kier alpha value is -1.61. The maximum absolute atomic E-state index is 10.8. The summed E-state index contributed by atoms with van der Waals surface area (Å²) >= 11 is 0. The highest BCUT2D eigenvalue weighted by Gasteiger charge is 2.08. The molecule has 1 heterocycles. The Morgan fingerprint density at radius 1 is 1.71 bits per heavy atom. The van der Waals surface area contributed by atoms with E-state index < -0.39 is 6.10 Å². The van der Waals surface area contributed by atoms with Gasteiger partial charge in [0.2, 0.25) is 0 Å². The Morgan fingerprint density at radius 2 is 2.43 bits per heavy atom. The van der Waals surface area contributed by atoms with Crippen LogP contribution in [0.15, 0.2) is 41.0 Å². The summed E-state index contributed by atoms with van der Waals surface area (Å²) in [5, 5.41) is 9.44. The Kier molecular flexibility index (Phi) is 3.42. The van der Waals surface area contributed by atoms with E-state index in [2.05, 4.69) is 6.58 Å². The largest absolute Gasteiger partial charge is 0.465 e. The van der Waals surface area contributed by atoms with Crippen LogP contribution in [-0.4, -0.2) is 17.0 Å². The number of ketones is 1. The maximum Gasteiger partial charge on any atom is 0.158 e. The van der Waals surface area contributed by atoms with Crippen molar-refractivity contribution in [2.45, 2.75) is 13.0 Å². The number of Topliss-reactive ketones (excluding diaryl/α,β-unsaturated/α-hetero) is 1. The van der Waals surface area contributed by atoms with Crippen LogP contribution in [0.4, 0.5) is 0 Å². The molecule has 0 radical (unpaired) electrons. The molecule has 1 N–H and O–H groups in total. The molecule has 1 aromatic rings. The Bertz CT molecular complexity index is 347. The molecule has 0 aromatic carbocycles. The molecular weight excluding hydrogens is 180 g/mol. The van der Waals surface area contributed by atoms with E-state index >= 15 is 0 Å². The number of carbonyl (C=O) groups is 1. The lowest BCUT2D eigenvalue weighted by molar-refractivity contribution is -0.114. The average Bonchev–Trinajstić information content (AvgIpc) is 2.65. The van der Waals surface area contributed by atoms with Crippen molar-refractivity contribution in [1.29, 1.82) is 0 Å². The lowest BCUT2D eigenvalue weighted by Crippen LogP contribution is -2.11. The summed E-state index contributed by atoms with van der Waals surface area (Å²) in [5.41, 5.74) is 0.174. The van der Waals surface area contributed by atoms with Crippen LogP contribution in [0.2, 0.25) is 0 Å². The topological polar surface area (TPSA) is 50.4 Å². The summed E-state index contributed by atoms with van der Waals surface area (Å²) in [6, 6.07) is 3.49. The fraction of sp³-hybridized carbons (Fsp3) is 0.182. The Balaban J connectivity index is 2.61. The summed E-state index contributed by atoms with van der Waals surface area (Å²) < 4.78 is 5.01. The van der Waals surface area contributed by atoms with Gasteiger partial charge in [0, 0.05) is 5.57 Å². The molecule has 3 heteroatoms. The maximum atomic E-state index is 10.8. The van der Waals surface area contributed by atoms with Gasteiger partial charge in [0.25, 0.3) is 0 Å². The second-order valence-electron chi connectivity index (χ2n) is 2.90. The van der Waals surface area contributed by atoms with E-state index in [1.165, 1.54) is 19.3 Å². The van der Waals surface area contributed by atoms with Crippen molar-refractivity contribution in [3.8, 4) is 0 Å². The molecule has 0 bridgehead atoms. The van der Waals surface area contributed by atoms with Crippen molar-refractivity contribution in [3.05, 3.63) is 42.4 Å². The summed E-state index contributed by atoms with van der Waals surface area (Å²) in [6.45, 7) is 4.84. The molecule has 0 saturated carbocycles. The SMILES string of the molecule is C=C(C(C)=O)C(O)/C=C/c1ccco1. The van der Waals surface area contributed by atoms with E-state index in [1.807, 2.05) is 0 Å². The first kappa shape index (κ1) is 10.5. The zero-order valence-corrected chi connectivity index (χ0v) is 7.93. The van der Waals surface area contributed by atoms with Crippen LogP contribution in [0.5, 0.6) is 0 Å². The second kappa shape index (κ2) is 4.58. The molecule has 0 spiro atoms. The van der Waals surface area contributed by atoms with E-state index in [9.17, 15) is 9.90 Å². The molecule has 1 aromatic heterocycles. The van der Waals surface area contributed by atoms with Gasteiger partial charge in [-0.15, -0.1) is 0 Å². The highest BCUT2D eigenvalue weighted by atomic mass is 16.3. The number of aliphatic hydroxyl groups is 1. The van der Waals surface area contributed by atoms with Crippen LogP contribution >= 0.6 is 0 Å². The van der Waals surface area contributed by atoms with Crippen molar-refractivity contribution in [2.24, 2.45) is 0 Å². The first-order valence-electron chi connectivity index (χ1n) is 4.21. The lowest BCUT2D eigenvalue weighted by atomic mass is 10.1. The second-order valence-corrected chi connectivity index (χ2v) is 2.90. The average molecular weight is 192 g/mol.